The average Bonchev–Trinajstić information content (AvgIpc) is 3.15. The van der Waals surface area contributed by atoms with E-state index in [9.17, 15) is 13.2 Å². The maximum atomic E-state index is 13.4. The first-order valence-corrected chi connectivity index (χ1v) is 13.6. The highest BCUT2D eigenvalue weighted by molar-refractivity contribution is 7.89. The molecule has 12 heteroatoms. The molecule has 170 valence electrons. The van der Waals surface area contributed by atoms with Crippen molar-refractivity contribution in [1.82, 2.24) is 19.4 Å². The van der Waals surface area contributed by atoms with Gasteiger partial charge in [-0.25, -0.2) is 13.4 Å². The molecular formula is C20H23N5O4S3. The molecule has 3 aromatic rings. The van der Waals surface area contributed by atoms with Crippen molar-refractivity contribution in [2.75, 3.05) is 18.4 Å². The second-order valence-corrected chi connectivity index (χ2v) is 12.3. The number of thiazole rings is 1. The number of nitrogens with zero attached hydrogens (tertiary/aromatic N) is 4. The first-order valence-electron chi connectivity index (χ1n) is 10.5. The zero-order valence-electron chi connectivity index (χ0n) is 17.7. The molecule has 3 aromatic heterocycles. The van der Waals surface area contributed by atoms with Gasteiger partial charge in [0.25, 0.3) is 0 Å². The van der Waals surface area contributed by atoms with Crippen molar-refractivity contribution >= 4 is 43.7 Å². The van der Waals surface area contributed by atoms with E-state index in [4.69, 9.17) is 4.52 Å². The molecule has 1 aliphatic carbocycles. The molecule has 2 fully saturated rings. The van der Waals surface area contributed by atoms with E-state index in [0.717, 1.165) is 18.5 Å². The summed E-state index contributed by atoms with van der Waals surface area (Å²) in [7, 11) is -3.75. The van der Waals surface area contributed by atoms with Gasteiger partial charge in [0.1, 0.15) is 0 Å². The van der Waals surface area contributed by atoms with Crippen LogP contribution in [0.15, 0.2) is 20.9 Å². The lowest BCUT2D eigenvalue weighted by Crippen LogP contribution is -2.43. The number of aromatic nitrogens is 3. The molecule has 9 nitrogen and oxygen atoms in total. The van der Waals surface area contributed by atoms with Crippen molar-refractivity contribution in [1.29, 1.82) is 0 Å². The molecular weight excluding hydrogens is 470 g/mol. The highest BCUT2D eigenvalue weighted by atomic mass is 32.2. The van der Waals surface area contributed by atoms with Crippen LogP contribution in [0.4, 0.5) is 5.13 Å². The van der Waals surface area contributed by atoms with Crippen LogP contribution in [-0.4, -0.2) is 46.8 Å². The third-order valence-electron chi connectivity index (χ3n) is 5.68. The standard InChI is InChI=1S/C20H23N5O4S3/c1-11-10-30-20(21-11)23-18(26)14-4-3-7-25(9-14)32(27,28)16-8-15(31-12(16)2)17-22-19(29-24-17)13-5-6-13/h8,10,13-14H,3-7,9H2,1-2H3,(H,21,23,26). The van der Waals surface area contributed by atoms with Gasteiger partial charge in [0.2, 0.25) is 27.6 Å². The fourth-order valence-corrected chi connectivity index (χ4v) is 7.50. The van der Waals surface area contributed by atoms with Gasteiger partial charge < -0.3 is 9.84 Å². The fourth-order valence-electron chi connectivity index (χ4n) is 3.80. The minimum absolute atomic E-state index is 0.150. The predicted molar refractivity (Wildman–Crippen MR) is 121 cm³/mol. The zero-order valence-corrected chi connectivity index (χ0v) is 20.1. The van der Waals surface area contributed by atoms with Gasteiger partial charge in [-0.2, -0.15) is 9.29 Å². The number of nitrogens with one attached hydrogen (secondary N) is 1. The Morgan fingerprint density at radius 3 is 2.78 bits per heavy atom. The molecule has 1 saturated carbocycles. The first kappa shape index (κ1) is 21.7. The second kappa shape index (κ2) is 8.32. The monoisotopic (exact) mass is 493 g/mol. The summed E-state index contributed by atoms with van der Waals surface area (Å²) in [6.07, 6.45) is 3.37. The Kier molecular flexibility index (Phi) is 5.64. The Morgan fingerprint density at radius 2 is 2.06 bits per heavy atom. The lowest BCUT2D eigenvalue weighted by atomic mass is 9.99. The quantitative estimate of drug-likeness (QED) is 0.555. The van der Waals surface area contributed by atoms with Crippen molar-refractivity contribution < 1.29 is 17.7 Å². The van der Waals surface area contributed by atoms with E-state index in [1.165, 1.54) is 27.0 Å². The van der Waals surface area contributed by atoms with Gasteiger partial charge in [0, 0.05) is 29.3 Å². The maximum absolute atomic E-state index is 13.4. The van der Waals surface area contributed by atoms with E-state index in [2.05, 4.69) is 20.4 Å². The summed E-state index contributed by atoms with van der Waals surface area (Å²) < 4.78 is 33.6. The molecule has 1 N–H and O–H groups in total. The SMILES string of the molecule is Cc1csc(NC(=O)C2CCCN(S(=O)(=O)c3cc(-c4noc(C5CC5)n4)sc3C)C2)n1. The molecule has 1 saturated heterocycles. The van der Waals surface area contributed by atoms with Crippen LogP contribution in [0.3, 0.4) is 0 Å². The summed E-state index contributed by atoms with van der Waals surface area (Å²) >= 11 is 2.70. The third-order valence-corrected chi connectivity index (χ3v) is 9.73. The first-order chi connectivity index (χ1) is 15.3. The summed E-state index contributed by atoms with van der Waals surface area (Å²) in [5.74, 6) is 0.776. The van der Waals surface area contributed by atoms with Crippen LogP contribution in [0, 0.1) is 19.8 Å². The molecule has 1 amide bonds. The van der Waals surface area contributed by atoms with E-state index in [1.807, 2.05) is 12.3 Å². The van der Waals surface area contributed by atoms with Crippen molar-refractivity contribution in [3.05, 3.63) is 27.9 Å². The van der Waals surface area contributed by atoms with Crippen LogP contribution < -0.4 is 5.32 Å². The van der Waals surface area contributed by atoms with Gasteiger partial charge >= 0.3 is 0 Å². The van der Waals surface area contributed by atoms with E-state index in [-0.39, 0.29) is 17.3 Å². The molecule has 1 unspecified atom stereocenters. The largest absolute Gasteiger partial charge is 0.339 e. The number of carbonyl (C=O) groups is 1. The molecule has 1 atom stereocenters. The second-order valence-electron chi connectivity index (χ2n) is 8.25. The Bertz CT molecular complexity index is 1260. The minimum atomic E-state index is -3.75. The van der Waals surface area contributed by atoms with Gasteiger partial charge in [-0.05, 0) is 45.6 Å². The smallest absolute Gasteiger partial charge is 0.244 e. The van der Waals surface area contributed by atoms with E-state index >= 15 is 0 Å². The summed E-state index contributed by atoms with van der Waals surface area (Å²) in [4.78, 5) is 23.0. The average molecular weight is 494 g/mol. The summed E-state index contributed by atoms with van der Waals surface area (Å²) in [6.45, 7) is 4.18. The number of amides is 1. The van der Waals surface area contributed by atoms with Gasteiger partial charge in [-0.1, -0.05) is 5.16 Å². The summed E-state index contributed by atoms with van der Waals surface area (Å²) in [5.41, 5.74) is 0.840. The van der Waals surface area contributed by atoms with Crippen LogP contribution in [0.5, 0.6) is 0 Å². The van der Waals surface area contributed by atoms with Crippen molar-refractivity contribution in [2.24, 2.45) is 5.92 Å². The highest BCUT2D eigenvalue weighted by Gasteiger charge is 2.36. The molecule has 0 bridgehead atoms. The normalized spacial score (nSPS) is 19.9. The zero-order chi connectivity index (χ0) is 22.5. The molecule has 0 radical (unpaired) electrons. The molecule has 4 heterocycles. The number of hydrogen-bond acceptors (Lipinski definition) is 9. The molecule has 2 aliphatic rings. The number of hydrogen-bond donors (Lipinski definition) is 1. The van der Waals surface area contributed by atoms with Gasteiger partial charge in [-0.3, -0.25) is 4.79 Å². The Hall–Kier alpha value is -2.15. The van der Waals surface area contributed by atoms with Gasteiger partial charge in [-0.15, -0.1) is 22.7 Å². The Labute approximate surface area is 193 Å². The Morgan fingerprint density at radius 1 is 1.25 bits per heavy atom. The third kappa shape index (κ3) is 4.24. The number of aryl methyl sites for hydroxylation is 2. The summed E-state index contributed by atoms with van der Waals surface area (Å²) in [6, 6.07) is 1.62. The number of thiophene rings is 1. The molecule has 0 aromatic carbocycles. The lowest BCUT2D eigenvalue weighted by Gasteiger charge is -2.31. The van der Waals surface area contributed by atoms with Crippen LogP contribution in [0.25, 0.3) is 10.7 Å². The molecule has 1 aliphatic heterocycles. The fraction of sp³-hybridized carbons (Fsp3) is 0.500. The van der Waals surface area contributed by atoms with E-state index < -0.39 is 15.9 Å². The lowest BCUT2D eigenvalue weighted by molar-refractivity contribution is -0.120. The van der Waals surface area contributed by atoms with Crippen LogP contribution >= 0.6 is 22.7 Å². The van der Waals surface area contributed by atoms with Crippen LogP contribution in [0.2, 0.25) is 0 Å². The van der Waals surface area contributed by atoms with E-state index in [1.54, 1.807) is 13.0 Å². The van der Waals surface area contributed by atoms with Gasteiger partial charge in [0.05, 0.1) is 21.4 Å². The summed E-state index contributed by atoms with van der Waals surface area (Å²) in [5, 5.41) is 9.25. The number of rotatable bonds is 6. The molecule has 32 heavy (non-hydrogen) atoms. The topological polar surface area (TPSA) is 118 Å². The van der Waals surface area contributed by atoms with E-state index in [0.29, 0.717) is 51.9 Å². The van der Waals surface area contributed by atoms with Crippen LogP contribution in [0.1, 0.15) is 48.1 Å². The number of sulfonamides is 1. The number of piperidine rings is 1. The van der Waals surface area contributed by atoms with Crippen LogP contribution in [-0.2, 0) is 14.8 Å². The molecule has 0 spiro atoms. The Balaban J connectivity index is 1.33. The van der Waals surface area contributed by atoms with Crippen molar-refractivity contribution in [2.45, 2.75) is 50.3 Å². The van der Waals surface area contributed by atoms with Gasteiger partial charge in [0.15, 0.2) is 5.13 Å². The maximum Gasteiger partial charge on any atom is 0.244 e. The number of carbonyl (C=O) groups excluding carboxylic acids is 1. The number of anilines is 1. The molecule has 5 rings (SSSR count). The highest BCUT2D eigenvalue weighted by Crippen LogP contribution is 2.41. The minimum Gasteiger partial charge on any atom is -0.339 e. The predicted octanol–water partition coefficient (Wildman–Crippen LogP) is 3.79. The van der Waals surface area contributed by atoms with Crippen molar-refractivity contribution in [3.63, 3.8) is 0 Å². The van der Waals surface area contributed by atoms with Crippen molar-refractivity contribution in [3.8, 4) is 10.7 Å².